The summed E-state index contributed by atoms with van der Waals surface area (Å²) in [5.41, 5.74) is 0.142. The van der Waals surface area contributed by atoms with Crippen LogP contribution in [0.1, 0.15) is 47.5 Å². The maximum absolute atomic E-state index is 11.1. The van der Waals surface area contributed by atoms with Crippen LogP contribution in [0.25, 0.3) is 0 Å². The van der Waals surface area contributed by atoms with Gasteiger partial charge in [-0.3, -0.25) is 4.79 Å². The van der Waals surface area contributed by atoms with Crippen LogP contribution >= 0.6 is 9.24 Å². The monoisotopic (exact) mass is 261 g/mol. The normalized spacial score (nSPS) is 12.6. The lowest BCUT2D eigenvalue weighted by atomic mass is 9.93. The minimum Gasteiger partial charge on any atom is -0.375 e. The first-order chi connectivity index (χ1) is 7.66. The summed E-state index contributed by atoms with van der Waals surface area (Å²) < 4.78 is 5.86. The van der Waals surface area contributed by atoms with E-state index in [1.165, 1.54) is 0 Å². The van der Waals surface area contributed by atoms with Crippen molar-refractivity contribution in [1.29, 1.82) is 0 Å². The predicted octanol–water partition coefficient (Wildman–Crippen LogP) is 2.60. The van der Waals surface area contributed by atoms with E-state index in [4.69, 9.17) is 4.74 Å². The highest BCUT2D eigenvalue weighted by atomic mass is 31.0. The quantitative estimate of drug-likeness (QED) is 0.715. The van der Waals surface area contributed by atoms with Crippen LogP contribution in [0, 0.1) is 5.41 Å². The molecule has 0 saturated carbocycles. The molecule has 0 radical (unpaired) electrons. The summed E-state index contributed by atoms with van der Waals surface area (Å²) in [4.78, 5) is 11.1. The fraction of sp³-hybridized carbons (Fsp3) is 0.923. The molecule has 0 fully saturated rings. The summed E-state index contributed by atoms with van der Waals surface area (Å²) in [5, 5.41) is 2.86. The molecule has 102 valence electrons. The lowest BCUT2D eigenvalue weighted by Gasteiger charge is -2.27. The van der Waals surface area contributed by atoms with E-state index in [0.717, 1.165) is 19.4 Å². The van der Waals surface area contributed by atoms with Gasteiger partial charge in [-0.25, -0.2) is 0 Å². The third kappa shape index (κ3) is 10.7. The van der Waals surface area contributed by atoms with Gasteiger partial charge in [-0.15, -0.1) is 9.24 Å². The summed E-state index contributed by atoms with van der Waals surface area (Å²) in [7, 11) is 2.42. The number of ether oxygens (including phenoxy) is 1. The topological polar surface area (TPSA) is 38.3 Å². The highest BCUT2D eigenvalue weighted by Gasteiger charge is 2.19. The second-order valence-corrected chi connectivity index (χ2v) is 6.63. The molecule has 0 aliphatic heterocycles. The van der Waals surface area contributed by atoms with Gasteiger partial charge < -0.3 is 10.1 Å². The van der Waals surface area contributed by atoms with E-state index in [-0.39, 0.29) is 11.5 Å². The van der Waals surface area contributed by atoms with Crippen molar-refractivity contribution in [2.45, 2.75) is 53.1 Å². The second-order valence-electron chi connectivity index (χ2n) is 6.22. The largest absolute Gasteiger partial charge is 0.375 e. The molecule has 0 aliphatic rings. The standard InChI is InChI=1S/C13H28NO2P/c1-12(2,3)7-9-16-13(4,5)6-8-14-11(15)10-17/h6-10,17H2,1-5H3,(H,14,15). The Hall–Kier alpha value is -0.140. The first-order valence-corrected chi connectivity index (χ1v) is 7.09. The molecular weight excluding hydrogens is 233 g/mol. The van der Waals surface area contributed by atoms with Crippen LogP contribution < -0.4 is 5.32 Å². The van der Waals surface area contributed by atoms with Gasteiger partial charge in [0.2, 0.25) is 5.91 Å². The number of nitrogens with one attached hydrogen (secondary N) is 1. The van der Waals surface area contributed by atoms with E-state index in [1.54, 1.807) is 0 Å². The van der Waals surface area contributed by atoms with E-state index in [1.807, 2.05) is 0 Å². The number of carbonyl (C=O) groups is 1. The Bertz CT molecular complexity index is 234. The number of rotatable bonds is 7. The molecule has 0 aliphatic carbocycles. The van der Waals surface area contributed by atoms with Gasteiger partial charge in [-0.05, 0) is 32.1 Å². The molecule has 0 aromatic rings. The van der Waals surface area contributed by atoms with E-state index < -0.39 is 0 Å². The molecular formula is C13H28NO2P. The molecule has 1 amide bonds. The van der Waals surface area contributed by atoms with E-state index in [0.29, 0.717) is 18.1 Å². The average Bonchev–Trinajstić information content (AvgIpc) is 2.14. The summed E-state index contributed by atoms with van der Waals surface area (Å²) in [6.07, 6.45) is 2.35. The molecule has 0 saturated heterocycles. The van der Waals surface area contributed by atoms with Crippen molar-refractivity contribution < 1.29 is 9.53 Å². The Morgan fingerprint density at radius 3 is 2.24 bits per heavy atom. The van der Waals surface area contributed by atoms with Gasteiger partial charge in [0.25, 0.3) is 0 Å². The van der Waals surface area contributed by atoms with Crippen LogP contribution in [0.3, 0.4) is 0 Å². The van der Waals surface area contributed by atoms with Gasteiger partial charge >= 0.3 is 0 Å². The molecule has 0 heterocycles. The molecule has 1 atom stereocenters. The van der Waals surface area contributed by atoms with Crippen LogP contribution in [-0.2, 0) is 9.53 Å². The van der Waals surface area contributed by atoms with Crippen molar-refractivity contribution in [2.75, 3.05) is 19.3 Å². The lowest BCUT2D eigenvalue weighted by Crippen LogP contribution is -2.33. The van der Waals surface area contributed by atoms with E-state index >= 15 is 0 Å². The van der Waals surface area contributed by atoms with Crippen LogP contribution in [0.4, 0.5) is 0 Å². The van der Waals surface area contributed by atoms with Crippen LogP contribution in [-0.4, -0.2) is 30.8 Å². The Morgan fingerprint density at radius 2 is 1.76 bits per heavy atom. The number of carbonyl (C=O) groups excluding carboxylic acids is 1. The molecule has 3 nitrogen and oxygen atoms in total. The van der Waals surface area contributed by atoms with E-state index in [9.17, 15) is 4.79 Å². The Morgan fingerprint density at radius 1 is 1.18 bits per heavy atom. The lowest BCUT2D eigenvalue weighted by molar-refractivity contribution is -0.118. The minimum absolute atomic E-state index is 0.0699. The van der Waals surface area contributed by atoms with Gasteiger partial charge in [0, 0.05) is 19.3 Å². The number of hydrogen-bond acceptors (Lipinski definition) is 2. The highest BCUT2D eigenvalue weighted by molar-refractivity contribution is 7.18. The zero-order chi connectivity index (χ0) is 13.5. The fourth-order valence-corrected chi connectivity index (χ4v) is 1.43. The molecule has 0 aromatic heterocycles. The predicted molar refractivity (Wildman–Crippen MR) is 76.3 cm³/mol. The van der Waals surface area contributed by atoms with Crippen molar-refractivity contribution >= 4 is 15.1 Å². The van der Waals surface area contributed by atoms with Gasteiger partial charge in [0.1, 0.15) is 0 Å². The van der Waals surface area contributed by atoms with Crippen molar-refractivity contribution in [1.82, 2.24) is 5.32 Å². The Balaban J connectivity index is 3.76. The van der Waals surface area contributed by atoms with Crippen molar-refractivity contribution in [3.8, 4) is 0 Å². The second kappa shape index (κ2) is 7.33. The molecule has 4 heteroatoms. The molecule has 1 N–H and O–H groups in total. The first kappa shape index (κ1) is 16.9. The van der Waals surface area contributed by atoms with Gasteiger partial charge in [0.15, 0.2) is 0 Å². The third-order valence-corrected chi connectivity index (χ3v) is 2.95. The maximum atomic E-state index is 11.1. The summed E-state index contributed by atoms with van der Waals surface area (Å²) in [6.45, 7) is 12.2. The van der Waals surface area contributed by atoms with Crippen LogP contribution in [0.15, 0.2) is 0 Å². The summed E-state index contributed by atoms with van der Waals surface area (Å²) in [6, 6.07) is 0. The van der Waals surface area contributed by atoms with Gasteiger partial charge in [-0.1, -0.05) is 20.8 Å². The van der Waals surface area contributed by atoms with Crippen molar-refractivity contribution in [3.63, 3.8) is 0 Å². The Labute approximate surface area is 108 Å². The molecule has 1 unspecified atom stereocenters. The molecule has 0 bridgehead atoms. The van der Waals surface area contributed by atoms with Crippen LogP contribution in [0.2, 0.25) is 0 Å². The zero-order valence-corrected chi connectivity index (χ0v) is 13.1. The molecule has 17 heavy (non-hydrogen) atoms. The van der Waals surface area contributed by atoms with Crippen LogP contribution in [0.5, 0.6) is 0 Å². The van der Waals surface area contributed by atoms with Crippen molar-refractivity contribution in [3.05, 3.63) is 0 Å². The molecule has 0 aromatic carbocycles. The van der Waals surface area contributed by atoms with Gasteiger partial charge in [0.05, 0.1) is 5.60 Å². The van der Waals surface area contributed by atoms with E-state index in [2.05, 4.69) is 49.2 Å². The zero-order valence-electron chi connectivity index (χ0n) is 11.9. The number of amides is 1. The molecule has 0 spiro atoms. The molecule has 0 rings (SSSR count). The number of hydrogen-bond donors (Lipinski definition) is 1. The Kier molecular flexibility index (Phi) is 7.27. The maximum Gasteiger partial charge on any atom is 0.223 e. The minimum atomic E-state index is -0.167. The first-order valence-electron chi connectivity index (χ1n) is 6.27. The highest BCUT2D eigenvalue weighted by Crippen LogP contribution is 2.21. The van der Waals surface area contributed by atoms with Gasteiger partial charge in [-0.2, -0.15) is 0 Å². The fourth-order valence-electron chi connectivity index (χ4n) is 1.28. The SMILES string of the molecule is CC(C)(C)CCOC(C)(C)CCNC(=O)CP. The smallest absolute Gasteiger partial charge is 0.223 e. The third-order valence-electron chi connectivity index (χ3n) is 2.58. The summed E-state index contributed by atoms with van der Waals surface area (Å²) >= 11 is 0. The summed E-state index contributed by atoms with van der Waals surface area (Å²) in [5.74, 6) is 0.0699. The average molecular weight is 261 g/mol. The van der Waals surface area contributed by atoms with Crippen molar-refractivity contribution in [2.24, 2.45) is 5.41 Å².